The molecule has 2 aromatic rings. The summed E-state index contributed by atoms with van der Waals surface area (Å²) in [5.74, 6) is 0.921. The molecule has 2 amide bonds. The largest absolute Gasteiger partial charge is 0.497 e. The van der Waals surface area contributed by atoms with E-state index in [2.05, 4.69) is 10.3 Å². The van der Waals surface area contributed by atoms with Crippen molar-refractivity contribution in [2.45, 2.75) is 25.9 Å². The van der Waals surface area contributed by atoms with Crippen LogP contribution >= 0.6 is 0 Å². The zero-order valence-corrected chi connectivity index (χ0v) is 16.2. The van der Waals surface area contributed by atoms with Crippen molar-refractivity contribution in [1.29, 1.82) is 0 Å². The number of ether oxygens (including phenoxy) is 2. The molecule has 1 atom stereocenters. The number of likely N-dealkylation sites (tertiary alicyclic amines) is 1. The lowest BCUT2D eigenvalue weighted by molar-refractivity contribution is -0.129. The van der Waals surface area contributed by atoms with Crippen LogP contribution in [0.3, 0.4) is 0 Å². The van der Waals surface area contributed by atoms with Crippen LogP contribution in [0.4, 0.5) is 0 Å². The van der Waals surface area contributed by atoms with E-state index in [9.17, 15) is 9.59 Å². The van der Waals surface area contributed by atoms with E-state index in [1.807, 2.05) is 31.2 Å². The number of rotatable bonds is 7. The Labute approximate surface area is 164 Å². The van der Waals surface area contributed by atoms with E-state index in [1.54, 1.807) is 30.3 Å². The average molecular weight is 383 g/mol. The molecular weight excluding hydrogens is 358 g/mol. The number of nitrogens with zero attached hydrogens (tertiary/aromatic N) is 2. The van der Waals surface area contributed by atoms with Gasteiger partial charge in [-0.2, -0.15) is 0 Å². The van der Waals surface area contributed by atoms with E-state index in [1.165, 1.54) is 0 Å². The fourth-order valence-corrected chi connectivity index (χ4v) is 3.15. The van der Waals surface area contributed by atoms with E-state index >= 15 is 0 Å². The molecule has 7 nitrogen and oxygen atoms in total. The molecule has 0 aliphatic carbocycles. The summed E-state index contributed by atoms with van der Waals surface area (Å²) < 4.78 is 11.1. The average Bonchev–Trinajstić information content (AvgIpc) is 3.18. The predicted molar refractivity (Wildman–Crippen MR) is 105 cm³/mol. The van der Waals surface area contributed by atoms with Gasteiger partial charge in [-0.15, -0.1) is 0 Å². The number of carbonyl (C=O) groups is 2. The summed E-state index contributed by atoms with van der Waals surface area (Å²) >= 11 is 0. The number of hydrogen-bond donors (Lipinski definition) is 1. The quantitative estimate of drug-likeness (QED) is 0.792. The molecule has 7 heteroatoms. The van der Waals surface area contributed by atoms with Crippen molar-refractivity contribution in [3.8, 4) is 11.6 Å². The van der Waals surface area contributed by atoms with Crippen molar-refractivity contribution in [3.63, 3.8) is 0 Å². The molecular formula is C21H25N3O4. The van der Waals surface area contributed by atoms with Crippen LogP contribution in [0, 0.1) is 0 Å². The fourth-order valence-electron chi connectivity index (χ4n) is 3.15. The van der Waals surface area contributed by atoms with Crippen LogP contribution in [-0.2, 0) is 11.2 Å². The van der Waals surface area contributed by atoms with Crippen LogP contribution in [-0.4, -0.2) is 54.5 Å². The number of nitrogens with one attached hydrogen (secondary N) is 1. The monoisotopic (exact) mass is 383 g/mol. The zero-order chi connectivity index (χ0) is 19.9. The molecule has 1 aliphatic rings. The van der Waals surface area contributed by atoms with Crippen molar-refractivity contribution in [2.24, 2.45) is 0 Å². The molecule has 0 spiro atoms. The minimum Gasteiger partial charge on any atom is -0.497 e. The summed E-state index contributed by atoms with van der Waals surface area (Å²) in [6.45, 7) is 3.51. The van der Waals surface area contributed by atoms with Crippen molar-refractivity contribution in [2.75, 3.05) is 26.7 Å². The lowest BCUT2D eigenvalue weighted by atomic mass is 10.1. The van der Waals surface area contributed by atoms with Crippen molar-refractivity contribution in [1.82, 2.24) is 15.2 Å². The lowest BCUT2D eigenvalue weighted by Gasteiger charge is -2.18. The molecule has 1 N–H and O–H groups in total. The Morgan fingerprint density at radius 2 is 2.04 bits per heavy atom. The van der Waals surface area contributed by atoms with Crippen LogP contribution in [0.5, 0.6) is 11.6 Å². The Hall–Kier alpha value is -3.09. The Balaban J connectivity index is 1.58. The molecule has 1 aromatic heterocycles. The fraction of sp³-hybridized carbons (Fsp3) is 0.381. The maximum absolute atomic E-state index is 12.6. The van der Waals surface area contributed by atoms with E-state index in [4.69, 9.17) is 9.47 Å². The highest BCUT2D eigenvalue weighted by molar-refractivity contribution is 5.96. The van der Waals surface area contributed by atoms with Gasteiger partial charge in [-0.3, -0.25) is 9.59 Å². The van der Waals surface area contributed by atoms with Crippen LogP contribution in [0.25, 0.3) is 0 Å². The van der Waals surface area contributed by atoms with Gasteiger partial charge in [-0.25, -0.2) is 4.98 Å². The second-order valence-electron chi connectivity index (χ2n) is 6.61. The van der Waals surface area contributed by atoms with Gasteiger partial charge in [0.05, 0.1) is 20.1 Å². The Morgan fingerprint density at radius 1 is 1.25 bits per heavy atom. The Bertz CT molecular complexity index is 823. The topological polar surface area (TPSA) is 80.8 Å². The number of hydrogen-bond acceptors (Lipinski definition) is 5. The number of aromatic nitrogens is 1. The van der Waals surface area contributed by atoms with Gasteiger partial charge < -0.3 is 19.7 Å². The van der Waals surface area contributed by atoms with Gasteiger partial charge in [0, 0.05) is 25.7 Å². The lowest BCUT2D eigenvalue weighted by Crippen LogP contribution is -2.32. The molecule has 1 aliphatic heterocycles. The van der Waals surface area contributed by atoms with Crippen LogP contribution in [0.15, 0.2) is 42.6 Å². The summed E-state index contributed by atoms with van der Waals surface area (Å²) in [4.78, 5) is 30.7. The van der Waals surface area contributed by atoms with Crippen molar-refractivity contribution < 1.29 is 19.1 Å². The first-order chi connectivity index (χ1) is 13.6. The smallest absolute Gasteiger partial charge is 0.256 e. The minimum atomic E-state index is -0.212. The number of amides is 2. The van der Waals surface area contributed by atoms with E-state index in [0.717, 1.165) is 11.3 Å². The number of carbonyl (C=O) groups excluding carboxylic acids is 2. The molecule has 0 saturated carbocycles. The number of pyridine rings is 1. The van der Waals surface area contributed by atoms with Crippen LogP contribution in [0.1, 0.15) is 29.3 Å². The maximum atomic E-state index is 12.6. The first-order valence-corrected chi connectivity index (χ1v) is 9.41. The standard InChI is InChI=1S/C21H25N3O4/c1-3-22-20(26)18-5-4-11-23-21(18)28-17-10-12-24(14-17)19(25)13-15-6-8-16(27-2)9-7-15/h4-9,11,17H,3,10,12-14H2,1-2H3,(H,22,26). The second-order valence-corrected chi connectivity index (χ2v) is 6.61. The summed E-state index contributed by atoms with van der Waals surface area (Å²) in [6.07, 6.45) is 2.46. The molecule has 3 rings (SSSR count). The number of benzene rings is 1. The highest BCUT2D eigenvalue weighted by Crippen LogP contribution is 2.21. The molecule has 2 heterocycles. The van der Waals surface area contributed by atoms with Gasteiger partial charge >= 0.3 is 0 Å². The Kier molecular flexibility index (Phi) is 6.47. The maximum Gasteiger partial charge on any atom is 0.256 e. The summed E-state index contributed by atoms with van der Waals surface area (Å²) in [5, 5.41) is 2.76. The van der Waals surface area contributed by atoms with Crippen LogP contribution in [0.2, 0.25) is 0 Å². The molecule has 0 radical (unpaired) electrons. The third-order valence-electron chi connectivity index (χ3n) is 4.64. The van der Waals surface area contributed by atoms with E-state index in [-0.39, 0.29) is 17.9 Å². The van der Waals surface area contributed by atoms with Gasteiger partial charge in [0.25, 0.3) is 5.91 Å². The predicted octanol–water partition coefficient (Wildman–Crippen LogP) is 2.06. The highest BCUT2D eigenvalue weighted by atomic mass is 16.5. The summed E-state index contributed by atoms with van der Waals surface area (Å²) in [7, 11) is 1.61. The molecule has 0 bridgehead atoms. The molecule has 148 valence electrons. The number of methoxy groups -OCH3 is 1. The second kappa shape index (κ2) is 9.21. The van der Waals surface area contributed by atoms with Gasteiger partial charge in [0.2, 0.25) is 11.8 Å². The summed E-state index contributed by atoms with van der Waals surface area (Å²) in [5.41, 5.74) is 1.35. The van der Waals surface area contributed by atoms with Crippen molar-refractivity contribution in [3.05, 3.63) is 53.7 Å². The molecule has 1 aromatic carbocycles. The van der Waals surface area contributed by atoms with Gasteiger partial charge in [-0.1, -0.05) is 12.1 Å². The highest BCUT2D eigenvalue weighted by Gasteiger charge is 2.29. The minimum absolute atomic E-state index is 0.0567. The molecule has 28 heavy (non-hydrogen) atoms. The third-order valence-corrected chi connectivity index (χ3v) is 4.64. The normalized spacial score (nSPS) is 15.9. The summed E-state index contributed by atoms with van der Waals surface area (Å²) in [6, 6.07) is 10.9. The van der Waals surface area contributed by atoms with Crippen LogP contribution < -0.4 is 14.8 Å². The third kappa shape index (κ3) is 4.79. The zero-order valence-electron chi connectivity index (χ0n) is 16.2. The SMILES string of the molecule is CCNC(=O)c1cccnc1OC1CCN(C(=O)Cc2ccc(OC)cc2)C1. The molecule has 1 unspecified atom stereocenters. The van der Waals surface area contributed by atoms with E-state index < -0.39 is 0 Å². The van der Waals surface area contributed by atoms with E-state index in [0.29, 0.717) is 43.9 Å². The van der Waals surface area contributed by atoms with Gasteiger partial charge in [0.1, 0.15) is 17.4 Å². The first kappa shape index (κ1) is 19.7. The van der Waals surface area contributed by atoms with Gasteiger partial charge in [-0.05, 0) is 36.8 Å². The molecule has 1 fully saturated rings. The Morgan fingerprint density at radius 3 is 2.75 bits per heavy atom. The molecule has 1 saturated heterocycles. The first-order valence-electron chi connectivity index (χ1n) is 9.41. The van der Waals surface area contributed by atoms with Gasteiger partial charge in [0.15, 0.2) is 0 Å². The van der Waals surface area contributed by atoms with Crippen molar-refractivity contribution >= 4 is 11.8 Å².